The maximum Gasteiger partial charge on any atom is 0.410 e. The Hall–Kier alpha value is -8.15. The van der Waals surface area contributed by atoms with Crippen LogP contribution in [-0.4, -0.2) is 221 Å². The molecular weight excluding hydrogens is 1250 g/mol. The first kappa shape index (κ1) is 82.1. The van der Waals surface area contributed by atoms with Gasteiger partial charge in [0, 0.05) is 53.5 Å². The number of urea groups is 1. The molecule has 0 aliphatic carbocycles. The standard InChI is InChI=1S/C66H105N13O17/c1-14-43(8)57(51(91-12)37-53(81)79-30-19-23-50(79)58(92-13)44(9)59(82)73-49(64(87)88)36-45-20-16-15-17-21-45)77(10)63(86)55(41(4)5)75-62(85)56(42(6)7)78(11)66(90)96-38-46-24-26-47(27-25-46)71-60(83)48(22-18-28-69-65(67)89)72-61(84)54(40(2)3)74-52(80)39-95-35-34-94-33-32-93-31-29-70-76-68/h15-17,20-21,24-27,40-44,48-51,54-58,68H,14,18-19,22-23,28-39H2,1-13H3,(H8-,67,69,71,72,73,74,75,80,82,83,84,85,87,88,89)/p+1/t43-,44+,48-,49-,50-,51+,54-,55-,56-,57-,58+/m0/s1. The Kier molecular flexibility index (Phi) is 36.9. The van der Waals surface area contributed by atoms with Gasteiger partial charge >= 0.3 is 18.1 Å². The number of hydrogen-bond acceptors (Lipinski definition) is 18. The Balaban J connectivity index is 1.67. The summed E-state index contributed by atoms with van der Waals surface area (Å²) in [6.07, 6.45) is -0.430. The molecule has 1 fully saturated rings. The number of primary amides is 1. The quantitative estimate of drug-likeness (QED) is 0.0259. The maximum absolute atomic E-state index is 14.8. The molecule has 96 heavy (non-hydrogen) atoms. The Labute approximate surface area is 563 Å². The molecule has 10 amide bonds. The monoisotopic (exact) mass is 1350 g/mol. The van der Waals surface area contributed by atoms with Gasteiger partial charge in [0.2, 0.25) is 46.3 Å². The molecule has 10 N–H and O–H groups in total. The van der Waals surface area contributed by atoms with E-state index in [4.69, 9.17) is 39.7 Å². The number of likely N-dealkylation sites (N-methyl/N-ethyl adjacent to an activating group) is 2. The number of benzene rings is 2. The number of nitrogens with zero attached hydrogens (tertiary/aromatic N) is 5. The first-order chi connectivity index (χ1) is 45.6. The van der Waals surface area contributed by atoms with Gasteiger partial charge in [-0.3, -0.25) is 38.5 Å². The summed E-state index contributed by atoms with van der Waals surface area (Å²) in [6, 6.07) is 7.80. The van der Waals surface area contributed by atoms with Crippen molar-refractivity contribution in [1.29, 1.82) is 5.53 Å². The average molecular weight is 1350 g/mol. The second-order valence-corrected chi connectivity index (χ2v) is 25.0. The van der Waals surface area contributed by atoms with E-state index in [2.05, 4.69) is 41.9 Å². The van der Waals surface area contributed by atoms with Crippen molar-refractivity contribution in [2.45, 2.75) is 168 Å². The summed E-state index contributed by atoms with van der Waals surface area (Å²) >= 11 is 0. The number of carbonyl (C=O) groups is 10. The van der Waals surface area contributed by atoms with Crippen LogP contribution in [0.1, 0.15) is 112 Å². The number of carbonyl (C=O) groups excluding carboxylic acids is 9. The third-order valence-corrected chi connectivity index (χ3v) is 16.8. The minimum Gasteiger partial charge on any atom is -0.480 e. The van der Waals surface area contributed by atoms with Gasteiger partial charge < -0.3 is 81.0 Å². The van der Waals surface area contributed by atoms with E-state index in [0.29, 0.717) is 50.3 Å². The number of methoxy groups -OCH3 is 2. The Morgan fingerprint density at radius 3 is 1.93 bits per heavy atom. The number of amides is 10. The molecule has 30 heteroatoms. The van der Waals surface area contributed by atoms with E-state index in [0.717, 1.165) is 10.5 Å². The van der Waals surface area contributed by atoms with Crippen molar-refractivity contribution in [3.63, 3.8) is 0 Å². The van der Waals surface area contributed by atoms with Gasteiger partial charge in [-0.2, -0.15) is 0 Å². The molecule has 11 atom stereocenters. The number of likely N-dealkylation sites (tertiary alicyclic amines) is 1. The number of anilines is 1. The van der Waals surface area contributed by atoms with Crippen molar-refractivity contribution in [3.8, 4) is 0 Å². The summed E-state index contributed by atoms with van der Waals surface area (Å²) in [7, 11) is 5.96. The van der Waals surface area contributed by atoms with Crippen molar-refractivity contribution in [1.82, 2.24) is 46.2 Å². The van der Waals surface area contributed by atoms with Crippen molar-refractivity contribution in [2.75, 3.05) is 92.9 Å². The molecule has 1 heterocycles. The van der Waals surface area contributed by atoms with Crippen molar-refractivity contribution in [3.05, 3.63) is 65.7 Å². The van der Waals surface area contributed by atoms with Gasteiger partial charge in [-0.1, -0.05) is 111 Å². The van der Waals surface area contributed by atoms with Crippen molar-refractivity contribution < 1.29 is 81.5 Å². The predicted molar refractivity (Wildman–Crippen MR) is 354 cm³/mol. The average Bonchev–Trinajstić information content (AvgIpc) is 1.22. The van der Waals surface area contributed by atoms with E-state index < -0.39 is 132 Å². The van der Waals surface area contributed by atoms with Crippen LogP contribution in [-0.2, 0) is 79.8 Å². The third-order valence-electron chi connectivity index (χ3n) is 16.8. The van der Waals surface area contributed by atoms with Crippen LogP contribution >= 0.6 is 0 Å². The van der Waals surface area contributed by atoms with Crippen molar-refractivity contribution >= 4 is 65.1 Å². The highest BCUT2D eigenvalue weighted by atomic mass is 16.6. The zero-order valence-corrected chi connectivity index (χ0v) is 58.1. The summed E-state index contributed by atoms with van der Waals surface area (Å²) in [4.78, 5) is 142. The number of nitrogens with two attached hydrogens (primary N) is 1. The Morgan fingerprint density at radius 2 is 1.35 bits per heavy atom. The lowest BCUT2D eigenvalue weighted by Crippen LogP contribution is -2.60. The molecular formula is C66H106N13O17+. The largest absolute Gasteiger partial charge is 0.480 e. The molecule has 0 bridgehead atoms. The van der Waals surface area contributed by atoms with Crippen LogP contribution in [0.25, 0.3) is 0 Å². The molecule has 0 saturated carbocycles. The number of rotatable bonds is 44. The second-order valence-electron chi connectivity index (χ2n) is 25.0. The summed E-state index contributed by atoms with van der Waals surface area (Å²) < 4.78 is 33.8. The van der Waals surface area contributed by atoms with E-state index in [1.165, 1.54) is 26.2 Å². The lowest BCUT2D eigenvalue weighted by atomic mass is 9.89. The van der Waals surface area contributed by atoms with Crippen LogP contribution < -0.4 is 42.5 Å². The number of carboxylic acid groups (broad SMARTS) is 1. The van der Waals surface area contributed by atoms with E-state index in [1.54, 1.807) is 109 Å². The van der Waals surface area contributed by atoms with Crippen molar-refractivity contribution in [2.24, 2.45) is 40.4 Å². The smallest absolute Gasteiger partial charge is 0.410 e. The molecule has 0 radical (unpaired) electrons. The summed E-state index contributed by atoms with van der Waals surface area (Å²) in [5, 5.41) is 29.7. The fourth-order valence-corrected chi connectivity index (χ4v) is 11.4. The normalized spacial score (nSPS) is 16.0. The van der Waals surface area contributed by atoms with Gasteiger partial charge in [-0.15, -0.1) is 0 Å². The minimum absolute atomic E-state index is 0.0715. The van der Waals surface area contributed by atoms with Crippen LogP contribution in [0.15, 0.2) is 59.7 Å². The first-order valence-electron chi connectivity index (χ1n) is 32.8. The van der Waals surface area contributed by atoms with E-state index >= 15 is 0 Å². The van der Waals surface area contributed by atoms with Gasteiger partial charge in [0.15, 0.2) is 0 Å². The molecule has 1 aliphatic rings. The lowest BCUT2D eigenvalue weighted by molar-refractivity contribution is -0.148. The van der Waals surface area contributed by atoms with Crippen LogP contribution in [0, 0.1) is 35.1 Å². The SMILES string of the molecule is CC[C@H](C)[C@@H]([C@@H](CC(=O)N1CCC[C@H]1[C@H](OC)[C@@H](C)C(=O)N[C@@H](Cc1ccccc1)C(=O)O)OC)N(C)C(=O)[C@@H](NC(=O)[C@H](C(C)C)N(C)C(=O)OCc1ccc(NC(=O)[C@H](CCCNC(N)=O)NC(=O)[C@@H](NC(=O)COCCOCCOCCN=[N+]=N)C(C)C)cc1)C(C)C. The highest BCUT2D eigenvalue weighted by Crippen LogP contribution is 2.30. The van der Waals surface area contributed by atoms with Crippen LogP contribution in [0.4, 0.5) is 15.3 Å². The zero-order chi connectivity index (χ0) is 71.6. The molecule has 2 aromatic rings. The van der Waals surface area contributed by atoms with Crippen LogP contribution in [0.2, 0.25) is 0 Å². The van der Waals surface area contributed by atoms with E-state index in [9.17, 15) is 53.1 Å². The fourth-order valence-electron chi connectivity index (χ4n) is 11.4. The van der Waals surface area contributed by atoms with Gasteiger partial charge in [0.25, 0.3) is 0 Å². The highest BCUT2D eigenvalue weighted by Gasteiger charge is 2.44. The number of ether oxygens (including phenoxy) is 6. The molecule has 0 spiro atoms. The van der Waals surface area contributed by atoms with Crippen LogP contribution in [0.5, 0.6) is 0 Å². The fraction of sp³-hybridized carbons (Fsp3) is 0.667. The number of hydrogen-bond donors (Lipinski definition) is 9. The number of nitrogens with one attached hydrogen (secondary N) is 7. The summed E-state index contributed by atoms with van der Waals surface area (Å²) in [5.41, 5.74) is 13.4. The first-order valence-corrected chi connectivity index (χ1v) is 32.8. The molecule has 1 aliphatic heterocycles. The molecule has 30 nitrogen and oxygen atoms in total. The Morgan fingerprint density at radius 1 is 0.729 bits per heavy atom. The van der Waals surface area contributed by atoms with E-state index in [1.807, 2.05) is 19.9 Å². The van der Waals surface area contributed by atoms with E-state index in [-0.39, 0.29) is 83.6 Å². The lowest BCUT2D eigenvalue weighted by Gasteiger charge is -2.41. The summed E-state index contributed by atoms with van der Waals surface area (Å²) in [5.74, 6) is -7.22. The van der Waals surface area contributed by atoms with Gasteiger partial charge in [-0.25, -0.2) is 14.4 Å². The second kappa shape index (κ2) is 43.1. The molecule has 2 aromatic carbocycles. The topological polar surface area (TPSA) is 405 Å². The molecule has 3 rings (SSSR count). The molecule has 0 unspecified atom stereocenters. The number of carboxylic acids is 1. The number of aliphatic carboxylic acids is 1. The highest BCUT2D eigenvalue weighted by molar-refractivity contribution is 5.98. The van der Waals surface area contributed by atoms with Gasteiger partial charge in [0.05, 0.1) is 69.7 Å². The van der Waals surface area contributed by atoms with Gasteiger partial charge in [-0.05, 0) is 72.6 Å². The molecule has 0 aromatic heterocycles. The predicted octanol–water partition coefficient (Wildman–Crippen LogP) is 3.77. The van der Waals surface area contributed by atoms with Gasteiger partial charge in [0.1, 0.15) is 60.6 Å². The third kappa shape index (κ3) is 27.2. The zero-order valence-electron chi connectivity index (χ0n) is 58.1. The summed E-state index contributed by atoms with van der Waals surface area (Å²) in [6.45, 7) is 17.4. The van der Waals surface area contributed by atoms with Crippen LogP contribution in [0.3, 0.4) is 0 Å². The minimum atomic E-state index is -1.19. The Bertz CT molecular complexity index is 2850. The molecule has 1 saturated heterocycles. The maximum atomic E-state index is 14.8. The molecule has 536 valence electrons.